The Morgan fingerprint density at radius 1 is 1.19 bits per heavy atom. The van der Waals surface area contributed by atoms with Crippen LogP contribution in [0.2, 0.25) is 0 Å². The molecule has 3 heterocycles. The van der Waals surface area contributed by atoms with Crippen molar-refractivity contribution in [3.8, 4) is 0 Å². The van der Waals surface area contributed by atoms with Gasteiger partial charge in [0.05, 0.1) is 0 Å². The maximum Gasteiger partial charge on any atom is 0.231 e. The third-order valence-electron chi connectivity index (χ3n) is 3.51. The SMILES string of the molecule is CNc1nc(NCCc2ccsc2)nc(N2CCCC2)n1. The number of hydrogen-bond acceptors (Lipinski definition) is 7. The van der Waals surface area contributed by atoms with Crippen molar-refractivity contribution in [1.29, 1.82) is 0 Å². The minimum Gasteiger partial charge on any atom is -0.357 e. The van der Waals surface area contributed by atoms with E-state index in [9.17, 15) is 0 Å². The second-order valence-corrected chi connectivity index (χ2v) is 5.82. The molecule has 1 fully saturated rings. The summed E-state index contributed by atoms with van der Waals surface area (Å²) in [6, 6.07) is 2.15. The minimum absolute atomic E-state index is 0.616. The van der Waals surface area contributed by atoms with Crippen LogP contribution in [-0.4, -0.2) is 41.6 Å². The molecule has 0 saturated carbocycles. The molecule has 0 atom stereocenters. The Morgan fingerprint density at radius 2 is 2.00 bits per heavy atom. The summed E-state index contributed by atoms with van der Waals surface area (Å²) < 4.78 is 0. The summed E-state index contributed by atoms with van der Waals surface area (Å²) >= 11 is 1.73. The largest absolute Gasteiger partial charge is 0.357 e. The Kier molecular flexibility index (Phi) is 4.49. The zero-order valence-electron chi connectivity index (χ0n) is 12.2. The van der Waals surface area contributed by atoms with Gasteiger partial charge in [0.15, 0.2) is 0 Å². The lowest BCUT2D eigenvalue weighted by Gasteiger charge is -2.16. The maximum absolute atomic E-state index is 4.54. The molecule has 3 rings (SSSR count). The Hall–Kier alpha value is -1.89. The van der Waals surface area contributed by atoms with E-state index in [1.807, 2.05) is 7.05 Å². The van der Waals surface area contributed by atoms with Crippen LogP contribution in [0, 0.1) is 0 Å². The number of thiophene rings is 1. The fourth-order valence-electron chi connectivity index (χ4n) is 2.37. The molecule has 0 aliphatic carbocycles. The number of anilines is 3. The number of rotatable bonds is 6. The molecule has 6 nitrogen and oxygen atoms in total. The molecule has 0 bridgehead atoms. The molecule has 2 N–H and O–H groups in total. The average Bonchev–Trinajstić information content (AvgIpc) is 3.20. The van der Waals surface area contributed by atoms with E-state index in [1.54, 1.807) is 11.3 Å². The lowest BCUT2D eigenvalue weighted by molar-refractivity contribution is 0.875. The predicted molar refractivity (Wildman–Crippen MR) is 87.3 cm³/mol. The second kappa shape index (κ2) is 6.71. The van der Waals surface area contributed by atoms with Crippen LogP contribution in [-0.2, 0) is 6.42 Å². The van der Waals surface area contributed by atoms with Crippen LogP contribution in [0.3, 0.4) is 0 Å². The van der Waals surface area contributed by atoms with Crippen molar-refractivity contribution in [2.75, 3.05) is 42.2 Å². The Balaban J connectivity index is 1.66. The van der Waals surface area contributed by atoms with Gasteiger partial charge < -0.3 is 15.5 Å². The van der Waals surface area contributed by atoms with E-state index < -0.39 is 0 Å². The number of hydrogen-bond donors (Lipinski definition) is 2. The first-order valence-corrected chi connectivity index (χ1v) is 8.23. The molecule has 0 spiro atoms. The molecule has 21 heavy (non-hydrogen) atoms. The van der Waals surface area contributed by atoms with Crippen LogP contribution >= 0.6 is 11.3 Å². The molecule has 2 aromatic heterocycles. The van der Waals surface area contributed by atoms with E-state index in [0.717, 1.165) is 32.0 Å². The first-order valence-electron chi connectivity index (χ1n) is 7.29. The highest BCUT2D eigenvalue weighted by atomic mass is 32.1. The van der Waals surface area contributed by atoms with Gasteiger partial charge in [-0.05, 0) is 41.7 Å². The highest BCUT2D eigenvalue weighted by Gasteiger charge is 2.17. The molecule has 1 aliphatic heterocycles. The smallest absolute Gasteiger partial charge is 0.231 e. The van der Waals surface area contributed by atoms with Crippen LogP contribution < -0.4 is 15.5 Å². The first-order chi connectivity index (χ1) is 10.3. The van der Waals surface area contributed by atoms with Gasteiger partial charge in [0.2, 0.25) is 17.8 Å². The topological polar surface area (TPSA) is 66.0 Å². The van der Waals surface area contributed by atoms with Crippen molar-refractivity contribution >= 4 is 29.2 Å². The molecule has 0 amide bonds. The number of nitrogens with zero attached hydrogens (tertiary/aromatic N) is 4. The molecular weight excluding hydrogens is 284 g/mol. The van der Waals surface area contributed by atoms with Crippen molar-refractivity contribution in [2.45, 2.75) is 19.3 Å². The summed E-state index contributed by atoms with van der Waals surface area (Å²) in [5.74, 6) is 2.03. The molecule has 1 saturated heterocycles. The van der Waals surface area contributed by atoms with Crippen molar-refractivity contribution < 1.29 is 0 Å². The van der Waals surface area contributed by atoms with Gasteiger partial charge in [-0.15, -0.1) is 0 Å². The van der Waals surface area contributed by atoms with Gasteiger partial charge in [-0.3, -0.25) is 0 Å². The van der Waals surface area contributed by atoms with Crippen molar-refractivity contribution in [2.24, 2.45) is 0 Å². The van der Waals surface area contributed by atoms with Gasteiger partial charge in [0.25, 0.3) is 0 Å². The predicted octanol–water partition coefficient (Wildman–Crippen LogP) is 2.23. The lowest BCUT2D eigenvalue weighted by Crippen LogP contribution is -2.22. The lowest BCUT2D eigenvalue weighted by atomic mass is 10.2. The zero-order valence-corrected chi connectivity index (χ0v) is 13.0. The molecule has 0 radical (unpaired) electrons. The molecule has 0 aromatic carbocycles. The van der Waals surface area contributed by atoms with Crippen molar-refractivity contribution in [1.82, 2.24) is 15.0 Å². The standard InChI is InChI=1S/C14H20N6S/c1-15-12-17-13(16-6-4-11-5-9-21-10-11)19-14(18-12)20-7-2-3-8-20/h5,9-10H,2-4,6-8H2,1H3,(H2,15,16,17,18,19). The third-order valence-corrected chi connectivity index (χ3v) is 4.25. The molecule has 2 aromatic rings. The van der Waals surface area contributed by atoms with Crippen LogP contribution in [0.4, 0.5) is 17.8 Å². The summed E-state index contributed by atoms with van der Waals surface area (Å²) in [6.45, 7) is 2.88. The summed E-state index contributed by atoms with van der Waals surface area (Å²) in [4.78, 5) is 15.6. The fraction of sp³-hybridized carbons (Fsp3) is 0.500. The van der Waals surface area contributed by atoms with Crippen LogP contribution in [0.25, 0.3) is 0 Å². The highest BCUT2D eigenvalue weighted by Crippen LogP contribution is 2.18. The van der Waals surface area contributed by atoms with E-state index >= 15 is 0 Å². The molecular formula is C14H20N6S. The number of aromatic nitrogens is 3. The normalized spacial score (nSPS) is 14.4. The molecule has 1 aliphatic rings. The average molecular weight is 304 g/mol. The maximum atomic E-state index is 4.54. The van der Waals surface area contributed by atoms with Gasteiger partial charge in [-0.1, -0.05) is 0 Å². The molecule has 0 unspecified atom stereocenters. The van der Waals surface area contributed by atoms with Crippen LogP contribution in [0.5, 0.6) is 0 Å². The summed E-state index contributed by atoms with van der Waals surface area (Å²) in [6.07, 6.45) is 3.39. The second-order valence-electron chi connectivity index (χ2n) is 5.04. The van der Waals surface area contributed by atoms with E-state index in [-0.39, 0.29) is 0 Å². The monoisotopic (exact) mass is 304 g/mol. The van der Waals surface area contributed by atoms with Crippen LogP contribution in [0.1, 0.15) is 18.4 Å². The quantitative estimate of drug-likeness (QED) is 0.853. The third kappa shape index (κ3) is 3.60. The highest BCUT2D eigenvalue weighted by molar-refractivity contribution is 7.07. The van der Waals surface area contributed by atoms with Crippen molar-refractivity contribution in [3.63, 3.8) is 0 Å². The van der Waals surface area contributed by atoms with Gasteiger partial charge in [0, 0.05) is 26.7 Å². The Labute approximate surface area is 128 Å². The minimum atomic E-state index is 0.616. The Bertz CT molecular complexity index is 565. The number of nitrogens with one attached hydrogen (secondary N) is 2. The Morgan fingerprint density at radius 3 is 2.71 bits per heavy atom. The van der Waals surface area contributed by atoms with Gasteiger partial charge in [-0.2, -0.15) is 26.3 Å². The van der Waals surface area contributed by atoms with Gasteiger partial charge >= 0.3 is 0 Å². The summed E-state index contributed by atoms with van der Waals surface area (Å²) in [5, 5.41) is 10.6. The summed E-state index contributed by atoms with van der Waals surface area (Å²) in [7, 11) is 1.83. The first kappa shape index (κ1) is 14.1. The van der Waals surface area contributed by atoms with Gasteiger partial charge in [0.1, 0.15) is 0 Å². The molecule has 112 valence electrons. The van der Waals surface area contributed by atoms with Crippen molar-refractivity contribution in [3.05, 3.63) is 22.4 Å². The van der Waals surface area contributed by atoms with Crippen LogP contribution in [0.15, 0.2) is 16.8 Å². The van der Waals surface area contributed by atoms with E-state index in [0.29, 0.717) is 11.9 Å². The van der Waals surface area contributed by atoms with E-state index in [2.05, 4.69) is 47.3 Å². The fourth-order valence-corrected chi connectivity index (χ4v) is 3.07. The van der Waals surface area contributed by atoms with Gasteiger partial charge in [-0.25, -0.2) is 0 Å². The zero-order chi connectivity index (χ0) is 14.5. The summed E-state index contributed by atoms with van der Waals surface area (Å²) in [5.41, 5.74) is 1.34. The molecule has 7 heteroatoms. The van der Waals surface area contributed by atoms with E-state index in [1.165, 1.54) is 18.4 Å². The van der Waals surface area contributed by atoms with E-state index in [4.69, 9.17) is 0 Å².